The van der Waals surface area contributed by atoms with Crippen LogP contribution in [0.3, 0.4) is 0 Å². The Morgan fingerprint density at radius 3 is 2.11 bits per heavy atom. The predicted octanol–water partition coefficient (Wildman–Crippen LogP) is 1.80. The largest absolute Gasteiger partial charge is 0.312 e. The number of likely N-dealkylation sites (N-methyl/N-ethyl adjacent to an activating group) is 1. The van der Waals surface area contributed by atoms with Gasteiger partial charge in [0.1, 0.15) is 0 Å². The number of hydrogen-bond donors (Lipinski definition) is 1. The Kier molecular flexibility index (Phi) is 4.91. The molecule has 1 aliphatic heterocycles. The highest BCUT2D eigenvalue weighted by Crippen LogP contribution is 2.31. The van der Waals surface area contributed by atoms with Gasteiger partial charge in [-0.25, -0.2) is 0 Å². The lowest BCUT2D eigenvalue weighted by Gasteiger charge is -2.37. The van der Waals surface area contributed by atoms with Crippen LogP contribution in [0.25, 0.3) is 0 Å². The molecule has 1 N–H and O–H groups in total. The molecule has 1 rings (SSSR count). The summed E-state index contributed by atoms with van der Waals surface area (Å²) in [5.74, 6) is 0.347. The minimum Gasteiger partial charge on any atom is -0.312 e. The monoisotopic (exact) mass is 254 g/mol. The van der Waals surface area contributed by atoms with Crippen molar-refractivity contribution >= 4 is 11.8 Å². The molecule has 1 atom stereocenters. The number of hydrogen-bond acceptors (Lipinski definition) is 3. The van der Waals surface area contributed by atoms with Crippen molar-refractivity contribution in [2.75, 3.05) is 13.1 Å². The minimum absolute atomic E-state index is 0.0280. The molecule has 0 bridgehead atoms. The van der Waals surface area contributed by atoms with Gasteiger partial charge in [-0.2, -0.15) is 0 Å². The van der Waals surface area contributed by atoms with Crippen molar-refractivity contribution in [2.24, 2.45) is 11.3 Å². The van der Waals surface area contributed by atoms with Crippen molar-refractivity contribution in [3.63, 3.8) is 0 Å². The van der Waals surface area contributed by atoms with E-state index in [4.69, 9.17) is 0 Å². The van der Waals surface area contributed by atoms with Crippen LogP contribution in [0.1, 0.15) is 47.5 Å². The fourth-order valence-corrected chi connectivity index (χ4v) is 2.38. The molecule has 18 heavy (non-hydrogen) atoms. The quantitative estimate of drug-likeness (QED) is 0.761. The maximum atomic E-state index is 12.1. The van der Waals surface area contributed by atoms with Gasteiger partial charge in [0, 0.05) is 25.4 Å². The third-order valence-electron chi connectivity index (χ3n) is 3.51. The van der Waals surface area contributed by atoms with Crippen LogP contribution in [0.2, 0.25) is 0 Å². The molecule has 0 aromatic carbocycles. The average molecular weight is 254 g/mol. The Bertz CT molecular complexity index is 304. The summed E-state index contributed by atoms with van der Waals surface area (Å²) in [5, 5.41) is 3.35. The summed E-state index contributed by atoms with van der Waals surface area (Å²) in [6.45, 7) is 11.6. The van der Waals surface area contributed by atoms with E-state index in [1.165, 1.54) is 4.90 Å². The number of amides is 2. The standard InChI is InChI=1S/C14H26N2O2/c1-6-15-11(10(2)3)9-16-12(17)7-14(4,5)8-13(16)18/h10-11,15H,6-9H2,1-5H3. The predicted molar refractivity (Wildman–Crippen MR) is 72.0 cm³/mol. The fraction of sp³-hybridized carbons (Fsp3) is 0.857. The molecule has 1 heterocycles. The van der Waals surface area contributed by atoms with Crippen molar-refractivity contribution in [2.45, 2.75) is 53.5 Å². The molecule has 0 aliphatic carbocycles. The Morgan fingerprint density at radius 1 is 1.22 bits per heavy atom. The minimum atomic E-state index is -0.184. The van der Waals surface area contributed by atoms with Crippen molar-refractivity contribution in [3.8, 4) is 0 Å². The van der Waals surface area contributed by atoms with E-state index in [2.05, 4.69) is 19.2 Å². The van der Waals surface area contributed by atoms with Crippen molar-refractivity contribution < 1.29 is 9.59 Å². The van der Waals surface area contributed by atoms with Gasteiger partial charge in [-0.1, -0.05) is 34.6 Å². The van der Waals surface area contributed by atoms with E-state index in [0.717, 1.165) is 6.54 Å². The zero-order valence-corrected chi connectivity index (χ0v) is 12.2. The van der Waals surface area contributed by atoms with Crippen LogP contribution in [0.4, 0.5) is 0 Å². The lowest BCUT2D eigenvalue weighted by Crippen LogP contribution is -2.52. The highest BCUT2D eigenvalue weighted by Gasteiger charge is 2.38. The van der Waals surface area contributed by atoms with Crippen molar-refractivity contribution in [1.29, 1.82) is 0 Å². The lowest BCUT2D eigenvalue weighted by molar-refractivity contribution is -0.153. The highest BCUT2D eigenvalue weighted by atomic mass is 16.2. The summed E-state index contributed by atoms with van der Waals surface area (Å²) in [5.41, 5.74) is -0.184. The van der Waals surface area contributed by atoms with Crippen LogP contribution in [0, 0.1) is 11.3 Å². The second-order valence-corrected chi connectivity index (χ2v) is 6.32. The molecule has 1 saturated heterocycles. The molecule has 0 radical (unpaired) electrons. The van der Waals surface area contributed by atoms with Gasteiger partial charge in [-0.3, -0.25) is 14.5 Å². The molecule has 1 unspecified atom stereocenters. The first kappa shape index (κ1) is 15.2. The number of nitrogens with one attached hydrogen (secondary N) is 1. The summed E-state index contributed by atoms with van der Waals surface area (Å²) >= 11 is 0. The number of likely N-dealkylation sites (tertiary alicyclic amines) is 1. The third kappa shape index (κ3) is 3.80. The van der Waals surface area contributed by atoms with E-state index in [0.29, 0.717) is 25.3 Å². The van der Waals surface area contributed by atoms with Gasteiger partial charge in [0.2, 0.25) is 11.8 Å². The number of carbonyl (C=O) groups excluding carboxylic acids is 2. The van der Waals surface area contributed by atoms with Crippen LogP contribution in [0.5, 0.6) is 0 Å². The zero-order valence-electron chi connectivity index (χ0n) is 12.2. The molecule has 0 spiro atoms. The maximum Gasteiger partial charge on any atom is 0.229 e. The van der Waals surface area contributed by atoms with Gasteiger partial charge < -0.3 is 5.32 Å². The van der Waals surface area contributed by atoms with Gasteiger partial charge in [0.05, 0.1) is 0 Å². The van der Waals surface area contributed by atoms with E-state index >= 15 is 0 Å². The highest BCUT2D eigenvalue weighted by molar-refractivity contribution is 5.98. The molecule has 1 fully saturated rings. The SMILES string of the molecule is CCNC(CN1C(=O)CC(C)(C)CC1=O)C(C)C. The van der Waals surface area contributed by atoms with Gasteiger partial charge in [-0.15, -0.1) is 0 Å². The van der Waals surface area contributed by atoms with Crippen molar-refractivity contribution in [1.82, 2.24) is 10.2 Å². The fourth-order valence-electron chi connectivity index (χ4n) is 2.38. The lowest BCUT2D eigenvalue weighted by atomic mass is 9.81. The topological polar surface area (TPSA) is 49.4 Å². The van der Waals surface area contributed by atoms with E-state index in [1.807, 2.05) is 20.8 Å². The van der Waals surface area contributed by atoms with Crippen LogP contribution >= 0.6 is 0 Å². The number of nitrogens with zero attached hydrogens (tertiary/aromatic N) is 1. The molecule has 2 amide bonds. The molecule has 0 saturated carbocycles. The van der Waals surface area contributed by atoms with Gasteiger partial charge in [0.15, 0.2) is 0 Å². The molecular weight excluding hydrogens is 228 g/mol. The van der Waals surface area contributed by atoms with Crippen molar-refractivity contribution in [3.05, 3.63) is 0 Å². The zero-order chi connectivity index (χ0) is 13.9. The number of imide groups is 1. The maximum absolute atomic E-state index is 12.1. The molecule has 0 aromatic rings. The van der Waals surface area contributed by atoms with E-state index in [1.54, 1.807) is 0 Å². The smallest absolute Gasteiger partial charge is 0.229 e. The molecule has 4 nitrogen and oxygen atoms in total. The molecule has 1 aliphatic rings. The molecular formula is C14H26N2O2. The Morgan fingerprint density at radius 2 is 1.72 bits per heavy atom. The Balaban J connectivity index is 2.71. The van der Waals surface area contributed by atoms with Gasteiger partial charge in [-0.05, 0) is 17.9 Å². The first-order valence-electron chi connectivity index (χ1n) is 6.83. The van der Waals surface area contributed by atoms with Crippen LogP contribution in [-0.2, 0) is 9.59 Å². The summed E-state index contributed by atoms with van der Waals surface area (Å²) < 4.78 is 0. The number of carbonyl (C=O) groups is 2. The Labute approximate surface area is 110 Å². The summed E-state index contributed by atoms with van der Waals surface area (Å²) in [6.07, 6.45) is 0.936. The number of piperidine rings is 1. The average Bonchev–Trinajstić information content (AvgIpc) is 2.19. The third-order valence-corrected chi connectivity index (χ3v) is 3.51. The second kappa shape index (κ2) is 5.83. The first-order valence-corrected chi connectivity index (χ1v) is 6.83. The Hall–Kier alpha value is -0.900. The molecule has 4 heteroatoms. The van der Waals surface area contributed by atoms with Crippen LogP contribution < -0.4 is 5.32 Å². The normalized spacial score (nSPS) is 21.6. The number of rotatable bonds is 5. The van der Waals surface area contributed by atoms with Crippen LogP contribution in [-0.4, -0.2) is 35.8 Å². The summed E-state index contributed by atoms with van der Waals surface area (Å²) in [7, 11) is 0. The van der Waals surface area contributed by atoms with E-state index < -0.39 is 0 Å². The van der Waals surface area contributed by atoms with Crippen LogP contribution in [0.15, 0.2) is 0 Å². The molecule has 104 valence electrons. The first-order chi connectivity index (χ1) is 8.26. The van der Waals surface area contributed by atoms with Gasteiger partial charge in [0.25, 0.3) is 0 Å². The van der Waals surface area contributed by atoms with E-state index in [-0.39, 0.29) is 23.3 Å². The second-order valence-electron chi connectivity index (χ2n) is 6.32. The molecule has 0 aromatic heterocycles. The van der Waals surface area contributed by atoms with E-state index in [9.17, 15) is 9.59 Å². The summed E-state index contributed by atoms with van der Waals surface area (Å²) in [6, 6.07) is 0.184. The summed E-state index contributed by atoms with van der Waals surface area (Å²) in [4.78, 5) is 25.6. The van der Waals surface area contributed by atoms with Gasteiger partial charge >= 0.3 is 0 Å².